The number of methoxy groups -OCH3 is 1. The highest BCUT2D eigenvalue weighted by atomic mass is 79.9. The van der Waals surface area contributed by atoms with Crippen LogP contribution >= 0.6 is 15.9 Å². The monoisotopic (exact) mass is 302 g/mol. The van der Waals surface area contributed by atoms with Crippen LogP contribution < -0.4 is 4.74 Å². The summed E-state index contributed by atoms with van der Waals surface area (Å²) >= 11 is 3.29. The third kappa shape index (κ3) is 2.98. The molecule has 0 aliphatic heterocycles. The zero-order valence-corrected chi connectivity index (χ0v) is 11.6. The zero-order valence-electron chi connectivity index (χ0n) is 9.99. The normalized spacial score (nSPS) is 12.1. The van der Waals surface area contributed by atoms with Crippen LogP contribution in [-0.4, -0.2) is 24.8 Å². The molecular formula is C12H15BrO4. The first-order chi connectivity index (χ1) is 8.02. The number of aliphatic hydroxyl groups is 1. The fourth-order valence-electron chi connectivity index (χ4n) is 1.55. The van der Waals surface area contributed by atoms with Gasteiger partial charge >= 0.3 is 5.97 Å². The second-order valence-corrected chi connectivity index (χ2v) is 4.32. The Bertz CT molecular complexity index is 417. The van der Waals surface area contributed by atoms with Crippen molar-refractivity contribution in [1.82, 2.24) is 0 Å². The fraction of sp³-hybridized carbons (Fsp3) is 0.417. The molecule has 0 aliphatic rings. The molecule has 1 unspecified atom stereocenters. The molecule has 1 N–H and O–H groups in total. The quantitative estimate of drug-likeness (QED) is 0.868. The molecule has 0 aromatic heterocycles. The molecular weight excluding hydrogens is 288 g/mol. The summed E-state index contributed by atoms with van der Waals surface area (Å²) in [5.41, 5.74) is 1.24. The van der Waals surface area contributed by atoms with Crippen LogP contribution in [0.2, 0.25) is 0 Å². The number of esters is 1. The highest BCUT2D eigenvalue weighted by Crippen LogP contribution is 2.35. The van der Waals surface area contributed by atoms with E-state index >= 15 is 0 Å². The lowest BCUT2D eigenvalue weighted by Crippen LogP contribution is -2.17. The van der Waals surface area contributed by atoms with Crippen LogP contribution in [0, 0.1) is 6.92 Å². The number of benzene rings is 1. The number of aryl methyl sites for hydroxylation is 1. The first-order valence-corrected chi connectivity index (χ1v) is 5.99. The van der Waals surface area contributed by atoms with E-state index in [0.717, 1.165) is 5.56 Å². The van der Waals surface area contributed by atoms with Gasteiger partial charge in [-0.1, -0.05) is 22.0 Å². The predicted octanol–water partition coefficient (Wildman–Crippen LogP) is 2.36. The zero-order chi connectivity index (χ0) is 13.0. The summed E-state index contributed by atoms with van der Waals surface area (Å²) in [5, 5.41) is 9.95. The summed E-state index contributed by atoms with van der Waals surface area (Å²) in [6, 6.07) is 3.60. The number of carbonyl (C=O) groups is 1. The summed E-state index contributed by atoms with van der Waals surface area (Å²) in [6.07, 6.45) is -1.35. The number of ether oxygens (including phenoxy) is 2. The molecule has 1 atom stereocenters. The smallest absolute Gasteiger partial charge is 0.339 e. The van der Waals surface area contributed by atoms with Crippen LogP contribution in [-0.2, 0) is 9.53 Å². The van der Waals surface area contributed by atoms with Gasteiger partial charge in [-0.3, -0.25) is 0 Å². The van der Waals surface area contributed by atoms with Gasteiger partial charge in [0.15, 0.2) is 6.10 Å². The summed E-state index contributed by atoms with van der Waals surface area (Å²) in [6.45, 7) is 3.75. The molecule has 0 spiro atoms. The number of hydrogen-bond acceptors (Lipinski definition) is 4. The van der Waals surface area contributed by atoms with Crippen molar-refractivity contribution in [2.75, 3.05) is 13.7 Å². The largest absolute Gasteiger partial charge is 0.496 e. The molecule has 4 nitrogen and oxygen atoms in total. The molecule has 17 heavy (non-hydrogen) atoms. The standard InChI is InChI=1S/C12H15BrO4/c1-4-17-12(15)10(14)9-8(13)6-5-7(2)11(9)16-3/h5-6,10,14H,4H2,1-3H3. The van der Waals surface area contributed by atoms with Gasteiger partial charge in [0, 0.05) is 10.0 Å². The van der Waals surface area contributed by atoms with Gasteiger partial charge < -0.3 is 14.6 Å². The number of halogens is 1. The van der Waals surface area contributed by atoms with Crippen LogP contribution in [0.3, 0.4) is 0 Å². The van der Waals surface area contributed by atoms with E-state index in [-0.39, 0.29) is 6.61 Å². The van der Waals surface area contributed by atoms with E-state index in [0.29, 0.717) is 15.8 Å². The molecule has 0 heterocycles. The molecule has 0 radical (unpaired) electrons. The van der Waals surface area contributed by atoms with Crippen molar-refractivity contribution in [1.29, 1.82) is 0 Å². The van der Waals surface area contributed by atoms with E-state index in [9.17, 15) is 9.90 Å². The second kappa shape index (κ2) is 6.02. The lowest BCUT2D eigenvalue weighted by Gasteiger charge is -2.17. The maximum absolute atomic E-state index is 11.5. The minimum Gasteiger partial charge on any atom is -0.496 e. The predicted molar refractivity (Wildman–Crippen MR) is 67.0 cm³/mol. The molecule has 0 fully saturated rings. The van der Waals surface area contributed by atoms with Crippen molar-refractivity contribution in [2.45, 2.75) is 20.0 Å². The van der Waals surface area contributed by atoms with Crippen molar-refractivity contribution in [3.05, 3.63) is 27.7 Å². The van der Waals surface area contributed by atoms with Gasteiger partial charge in [-0.05, 0) is 25.5 Å². The van der Waals surface area contributed by atoms with E-state index in [4.69, 9.17) is 9.47 Å². The van der Waals surface area contributed by atoms with E-state index in [1.807, 2.05) is 13.0 Å². The lowest BCUT2D eigenvalue weighted by atomic mass is 10.0. The Labute approximate surface area is 109 Å². The van der Waals surface area contributed by atoms with E-state index in [1.165, 1.54) is 7.11 Å². The van der Waals surface area contributed by atoms with E-state index in [1.54, 1.807) is 13.0 Å². The van der Waals surface area contributed by atoms with E-state index < -0.39 is 12.1 Å². The first-order valence-electron chi connectivity index (χ1n) is 5.20. The Hall–Kier alpha value is -1.07. The van der Waals surface area contributed by atoms with Crippen LogP contribution in [0.4, 0.5) is 0 Å². The number of aliphatic hydroxyl groups excluding tert-OH is 1. The topological polar surface area (TPSA) is 55.8 Å². The highest BCUT2D eigenvalue weighted by molar-refractivity contribution is 9.10. The molecule has 94 valence electrons. The first kappa shape index (κ1) is 14.0. The van der Waals surface area contributed by atoms with Gasteiger partial charge in [-0.25, -0.2) is 4.79 Å². The Morgan fingerprint density at radius 2 is 2.18 bits per heavy atom. The third-order valence-corrected chi connectivity index (χ3v) is 3.02. The molecule has 1 aromatic carbocycles. The van der Waals surface area contributed by atoms with Gasteiger partial charge in [-0.15, -0.1) is 0 Å². The van der Waals surface area contributed by atoms with Gasteiger partial charge in [0.2, 0.25) is 0 Å². The summed E-state index contributed by atoms with van der Waals surface area (Å²) in [4.78, 5) is 11.5. The minimum atomic E-state index is -1.35. The van der Waals surface area contributed by atoms with Crippen molar-refractivity contribution in [3.8, 4) is 5.75 Å². The van der Waals surface area contributed by atoms with E-state index in [2.05, 4.69) is 15.9 Å². The lowest BCUT2D eigenvalue weighted by molar-refractivity contribution is -0.153. The minimum absolute atomic E-state index is 0.224. The maximum atomic E-state index is 11.5. The average molecular weight is 303 g/mol. The molecule has 5 heteroatoms. The Morgan fingerprint density at radius 1 is 1.53 bits per heavy atom. The van der Waals surface area contributed by atoms with Crippen LogP contribution in [0.25, 0.3) is 0 Å². The van der Waals surface area contributed by atoms with Gasteiger partial charge in [0.05, 0.1) is 13.7 Å². The summed E-state index contributed by atoms with van der Waals surface area (Å²) in [7, 11) is 1.50. The fourth-order valence-corrected chi connectivity index (χ4v) is 2.08. The molecule has 0 aliphatic carbocycles. The number of carbonyl (C=O) groups excluding carboxylic acids is 1. The second-order valence-electron chi connectivity index (χ2n) is 3.47. The van der Waals surface area contributed by atoms with Gasteiger partial charge in [-0.2, -0.15) is 0 Å². The number of rotatable bonds is 4. The van der Waals surface area contributed by atoms with Crippen LogP contribution in [0.5, 0.6) is 5.75 Å². The molecule has 0 saturated heterocycles. The van der Waals surface area contributed by atoms with Crippen molar-refractivity contribution in [3.63, 3.8) is 0 Å². The molecule has 0 bridgehead atoms. The van der Waals surface area contributed by atoms with Crippen molar-refractivity contribution in [2.24, 2.45) is 0 Å². The molecule has 1 aromatic rings. The summed E-state index contributed by atoms with van der Waals surface area (Å²) in [5.74, 6) is -0.197. The maximum Gasteiger partial charge on any atom is 0.339 e. The molecule has 1 rings (SSSR count). The summed E-state index contributed by atoms with van der Waals surface area (Å²) < 4.78 is 10.6. The van der Waals surface area contributed by atoms with Gasteiger partial charge in [0.25, 0.3) is 0 Å². The average Bonchev–Trinajstić information content (AvgIpc) is 2.31. The number of hydrogen-bond donors (Lipinski definition) is 1. The van der Waals surface area contributed by atoms with Crippen LogP contribution in [0.1, 0.15) is 24.2 Å². The third-order valence-electron chi connectivity index (χ3n) is 2.33. The highest BCUT2D eigenvalue weighted by Gasteiger charge is 2.25. The Balaban J connectivity index is 3.20. The van der Waals surface area contributed by atoms with Crippen molar-refractivity contribution >= 4 is 21.9 Å². The van der Waals surface area contributed by atoms with Crippen LogP contribution in [0.15, 0.2) is 16.6 Å². The Morgan fingerprint density at radius 3 is 2.71 bits per heavy atom. The molecule has 0 saturated carbocycles. The molecule has 0 amide bonds. The van der Waals surface area contributed by atoms with Gasteiger partial charge in [0.1, 0.15) is 5.75 Å². The van der Waals surface area contributed by atoms with Crippen molar-refractivity contribution < 1.29 is 19.4 Å². The Kier molecular flexibility index (Phi) is 4.96. The SMILES string of the molecule is CCOC(=O)C(O)c1c(Br)ccc(C)c1OC.